The zero-order valence-corrected chi connectivity index (χ0v) is 19.7. The third kappa shape index (κ3) is 5.26. The van der Waals surface area contributed by atoms with Crippen molar-refractivity contribution in [3.05, 3.63) is 42.1 Å². The zero-order valence-electron chi connectivity index (χ0n) is 19.7. The second kappa shape index (κ2) is 9.94. The molecule has 2 aromatic rings. The molecule has 3 heterocycles. The lowest BCUT2D eigenvalue weighted by molar-refractivity contribution is -0.130. The van der Waals surface area contributed by atoms with Gasteiger partial charge in [0.2, 0.25) is 17.7 Å². The standard InChI is InChI=1S/C25H35N5O2/c1-17(2)23-14-21(15-24-27-28-25(32-24)20-5-7-26-8-6-20)18(3)13-22(23)16-29-9-11-30(12-10-29)19(4)31/h5-8,13,17,21-23H,9-12,14-16H2,1-4H3/t21-,22-,23-/m0/s1. The minimum absolute atomic E-state index is 0.189. The average molecular weight is 438 g/mol. The van der Waals surface area contributed by atoms with Crippen LogP contribution in [0.5, 0.6) is 0 Å². The lowest BCUT2D eigenvalue weighted by Crippen LogP contribution is -2.50. The maximum Gasteiger partial charge on any atom is 0.247 e. The first kappa shape index (κ1) is 22.6. The van der Waals surface area contributed by atoms with Crippen molar-refractivity contribution in [2.45, 2.75) is 40.5 Å². The molecule has 2 aromatic heterocycles. The molecule has 0 bridgehead atoms. The van der Waals surface area contributed by atoms with Gasteiger partial charge < -0.3 is 9.32 Å². The Morgan fingerprint density at radius 1 is 1.16 bits per heavy atom. The number of carbonyl (C=O) groups is 1. The van der Waals surface area contributed by atoms with Crippen molar-refractivity contribution in [1.29, 1.82) is 0 Å². The molecule has 0 radical (unpaired) electrons. The van der Waals surface area contributed by atoms with Crippen molar-refractivity contribution in [3.8, 4) is 11.5 Å². The third-order valence-corrected chi connectivity index (χ3v) is 7.19. The molecule has 1 fully saturated rings. The highest BCUT2D eigenvalue weighted by atomic mass is 16.4. The molecule has 1 saturated heterocycles. The van der Waals surface area contributed by atoms with E-state index in [1.165, 1.54) is 5.57 Å². The monoisotopic (exact) mass is 437 g/mol. The van der Waals surface area contributed by atoms with Gasteiger partial charge in [0, 0.05) is 64.0 Å². The topological polar surface area (TPSA) is 75.4 Å². The Balaban J connectivity index is 1.41. The molecular formula is C25H35N5O2. The van der Waals surface area contributed by atoms with Gasteiger partial charge in [-0.25, -0.2) is 0 Å². The largest absolute Gasteiger partial charge is 0.421 e. The molecule has 0 aromatic carbocycles. The lowest BCUT2D eigenvalue weighted by atomic mass is 9.69. The number of piperazine rings is 1. The van der Waals surface area contributed by atoms with E-state index in [0.29, 0.717) is 35.5 Å². The maximum absolute atomic E-state index is 11.6. The minimum Gasteiger partial charge on any atom is -0.421 e. The summed E-state index contributed by atoms with van der Waals surface area (Å²) in [7, 11) is 0. The Morgan fingerprint density at radius 3 is 2.53 bits per heavy atom. The number of hydrogen-bond acceptors (Lipinski definition) is 6. The second-order valence-corrected chi connectivity index (χ2v) is 9.66. The van der Waals surface area contributed by atoms with Gasteiger partial charge in [0.25, 0.3) is 0 Å². The maximum atomic E-state index is 11.6. The molecule has 1 aliphatic carbocycles. The van der Waals surface area contributed by atoms with Crippen LogP contribution in [0.2, 0.25) is 0 Å². The smallest absolute Gasteiger partial charge is 0.247 e. The van der Waals surface area contributed by atoms with E-state index in [0.717, 1.165) is 51.1 Å². The molecule has 0 spiro atoms. The molecule has 0 saturated carbocycles. The fourth-order valence-electron chi connectivity index (χ4n) is 5.19. The van der Waals surface area contributed by atoms with E-state index in [1.807, 2.05) is 17.0 Å². The first-order valence-corrected chi connectivity index (χ1v) is 11.8. The van der Waals surface area contributed by atoms with Crippen molar-refractivity contribution in [3.63, 3.8) is 0 Å². The van der Waals surface area contributed by atoms with Crippen LogP contribution in [-0.4, -0.2) is 63.6 Å². The predicted octanol–water partition coefficient (Wildman–Crippen LogP) is 3.69. The second-order valence-electron chi connectivity index (χ2n) is 9.66. The lowest BCUT2D eigenvalue weighted by Gasteiger charge is -2.41. The number of aromatic nitrogens is 3. The van der Waals surface area contributed by atoms with Gasteiger partial charge in [0.15, 0.2) is 0 Å². The van der Waals surface area contributed by atoms with Crippen LogP contribution in [-0.2, 0) is 11.2 Å². The number of allylic oxidation sites excluding steroid dienone is 1. The summed E-state index contributed by atoms with van der Waals surface area (Å²) in [6, 6.07) is 3.78. The van der Waals surface area contributed by atoms with Gasteiger partial charge in [0.05, 0.1) is 0 Å². The minimum atomic E-state index is 0.189. The Labute approximate surface area is 190 Å². The van der Waals surface area contributed by atoms with Crippen molar-refractivity contribution in [2.75, 3.05) is 32.7 Å². The van der Waals surface area contributed by atoms with E-state index in [9.17, 15) is 4.79 Å². The van der Waals surface area contributed by atoms with Crippen molar-refractivity contribution >= 4 is 5.91 Å². The summed E-state index contributed by atoms with van der Waals surface area (Å²) in [5.41, 5.74) is 2.33. The first-order chi connectivity index (χ1) is 15.4. The zero-order chi connectivity index (χ0) is 22.7. The van der Waals surface area contributed by atoms with Gasteiger partial charge in [-0.2, -0.15) is 0 Å². The van der Waals surface area contributed by atoms with Gasteiger partial charge in [0.1, 0.15) is 0 Å². The third-order valence-electron chi connectivity index (χ3n) is 7.19. The predicted molar refractivity (Wildman–Crippen MR) is 124 cm³/mol. The average Bonchev–Trinajstić information content (AvgIpc) is 3.25. The van der Waals surface area contributed by atoms with Gasteiger partial charge in [-0.3, -0.25) is 14.7 Å². The van der Waals surface area contributed by atoms with E-state index in [1.54, 1.807) is 19.3 Å². The number of pyridine rings is 1. The van der Waals surface area contributed by atoms with Crippen molar-refractivity contribution in [2.24, 2.45) is 23.7 Å². The SMILES string of the molecule is CC(=O)N1CCN(C[C@@H]2C=C(C)[C@H](Cc3nnc(-c4ccncc4)o3)C[C@H]2C(C)C)CC1. The van der Waals surface area contributed by atoms with Crippen LogP contribution in [0.15, 0.2) is 40.6 Å². The summed E-state index contributed by atoms with van der Waals surface area (Å²) in [4.78, 5) is 20.2. The van der Waals surface area contributed by atoms with Crippen LogP contribution in [0.3, 0.4) is 0 Å². The molecule has 7 heteroatoms. The summed E-state index contributed by atoms with van der Waals surface area (Å²) >= 11 is 0. The number of rotatable bonds is 6. The first-order valence-electron chi connectivity index (χ1n) is 11.8. The summed E-state index contributed by atoms with van der Waals surface area (Å²) in [6.07, 6.45) is 7.90. The Morgan fingerprint density at radius 2 is 1.88 bits per heavy atom. The van der Waals surface area contributed by atoms with Crippen LogP contribution in [0.4, 0.5) is 0 Å². The summed E-state index contributed by atoms with van der Waals surface area (Å²) in [5.74, 6) is 3.66. The van der Waals surface area contributed by atoms with Gasteiger partial charge in [-0.1, -0.05) is 25.5 Å². The van der Waals surface area contributed by atoms with E-state index >= 15 is 0 Å². The Bertz CT molecular complexity index is 931. The molecule has 7 nitrogen and oxygen atoms in total. The number of carbonyl (C=O) groups excluding carboxylic acids is 1. The molecule has 0 unspecified atom stereocenters. The molecule has 1 amide bonds. The van der Waals surface area contributed by atoms with Crippen molar-refractivity contribution < 1.29 is 9.21 Å². The van der Waals surface area contributed by atoms with Crippen LogP contribution >= 0.6 is 0 Å². The fourth-order valence-corrected chi connectivity index (χ4v) is 5.19. The summed E-state index contributed by atoms with van der Waals surface area (Å²) in [5, 5.41) is 8.56. The van der Waals surface area contributed by atoms with Gasteiger partial charge >= 0.3 is 0 Å². The quantitative estimate of drug-likeness (QED) is 0.642. The van der Waals surface area contributed by atoms with E-state index in [4.69, 9.17) is 4.42 Å². The highest BCUT2D eigenvalue weighted by molar-refractivity contribution is 5.73. The van der Waals surface area contributed by atoms with Crippen LogP contribution in [0.25, 0.3) is 11.5 Å². The van der Waals surface area contributed by atoms with E-state index in [2.05, 4.69) is 46.9 Å². The molecule has 1 aliphatic heterocycles. The summed E-state index contributed by atoms with van der Waals surface area (Å²) in [6.45, 7) is 13.3. The Hall–Kier alpha value is -2.54. The highest BCUT2D eigenvalue weighted by Crippen LogP contribution is 2.39. The van der Waals surface area contributed by atoms with Crippen LogP contribution < -0.4 is 0 Å². The van der Waals surface area contributed by atoms with Gasteiger partial charge in [-0.15, -0.1) is 10.2 Å². The molecule has 32 heavy (non-hydrogen) atoms. The highest BCUT2D eigenvalue weighted by Gasteiger charge is 2.34. The number of hydrogen-bond donors (Lipinski definition) is 0. The van der Waals surface area contributed by atoms with E-state index in [-0.39, 0.29) is 5.91 Å². The Kier molecular flexibility index (Phi) is 7.04. The molecule has 4 rings (SSSR count). The number of nitrogens with zero attached hydrogens (tertiary/aromatic N) is 5. The van der Waals surface area contributed by atoms with E-state index < -0.39 is 0 Å². The molecular weight excluding hydrogens is 402 g/mol. The summed E-state index contributed by atoms with van der Waals surface area (Å²) < 4.78 is 5.98. The van der Waals surface area contributed by atoms with Crippen LogP contribution in [0, 0.1) is 23.7 Å². The molecule has 0 N–H and O–H groups in total. The number of amides is 1. The molecule has 3 atom stereocenters. The van der Waals surface area contributed by atoms with Crippen LogP contribution in [0.1, 0.15) is 40.0 Å². The molecule has 172 valence electrons. The van der Waals surface area contributed by atoms with Gasteiger partial charge in [-0.05, 0) is 49.1 Å². The fraction of sp³-hybridized carbons (Fsp3) is 0.600. The normalized spacial score (nSPS) is 24.6. The van der Waals surface area contributed by atoms with Crippen molar-refractivity contribution in [1.82, 2.24) is 25.0 Å². The molecule has 2 aliphatic rings.